The topological polar surface area (TPSA) is 30.5 Å². The molecule has 18 heavy (non-hydrogen) atoms. The molecule has 1 heterocycles. The van der Waals surface area contributed by atoms with Crippen LogP contribution in [0.4, 0.5) is 0 Å². The maximum absolute atomic E-state index is 5.82. The Hall–Kier alpha value is -1.06. The summed E-state index contributed by atoms with van der Waals surface area (Å²) in [4.78, 5) is 0. The SMILES string of the molecule is CNC(C)c1cccc(OCC2CCC(C)O2)c1. The summed E-state index contributed by atoms with van der Waals surface area (Å²) in [6, 6.07) is 8.60. The van der Waals surface area contributed by atoms with Crippen LogP contribution in [-0.4, -0.2) is 25.9 Å². The van der Waals surface area contributed by atoms with E-state index in [1.807, 2.05) is 19.2 Å². The molecule has 1 aliphatic rings. The Morgan fingerprint density at radius 2 is 2.28 bits per heavy atom. The highest BCUT2D eigenvalue weighted by molar-refractivity contribution is 5.30. The monoisotopic (exact) mass is 249 g/mol. The first kappa shape index (κ1) is 13.4. The fourth-order valence-corrected chi connectivity index (χ4v) is 2.24. The summed E-state index contributed by atoms with van der Waals surface area (Å²) < 4.78 is 11.6. The van der Waals surface area contributed by atoms with Crippen molar-refractivity contribution in [3.63, 3.8) is 0 Å². The van der Waals surface area contributed by atoms with E-state index in [0.717, 1.165) is 18.6 Å². The first-order valence-electron chi connectivity index (χ1n) is 6.74. The zero-order valence-electron chi connectivity index (χ0n) is 11.5. The quantitative estimate of drug-likeness (QED) is 0.870. The van der Waals surface area contributed by atoms with Gasteiger partial charge in [0.15, 0.2) is 0 Å². The van der Waals surface area contributed by atoms with Crippen LogP contribution in [0.5, 0.6) is 5.75 Å². The van der Waals surface area contributed by atoms with Gasteiger partial charge in [-0.15, -0.1) is 0 Å². The van der Waals surface area contributed by atoms with Crippen LogP contribution in [0, 0.1) is 0 Å². The molecule has 1 fully saturated rings. The Morgan fingerprint density at radius 3 is 2.94 bits per heavy atom. The summed E-state index contributed by atoms with van der Waals surface area (Å²) in [5.41, 5.74) is 1.25. The largest absolute Gasteiger partial charge is 0.491 e. The maximum atomic E-state index is 5.82. The van der Waals surface area contributed by atoms with Crippen molar-refractivity contribution < 1.29 is 9.47 Å². The van der Waals surface area contributed by atoms with E-state index in [1.54, 1.807) is 0 Å². The fourth-order valence-electron chi connectivity index (χ4n) is 2.24. The molecule has 3 atom stereocenters. The number of rotatable bonds is 5. The third-order valence-corrected chi connectivity index (χ3v) is 3.55. The van der Waals surface area contributed by atoms with Gasteiger partial charge in [-0.2, -0.15) is 0 Å². The molecule has 2 rings (SSSR count). The minimum Gasteiger partial charge on any atom is -0.491 e. The van der Waals surface area contributed by atoms with Gasteiger partial charge in [-0.3, -0.25) is 0 Å². The predicted molar refractivity (Wildman–Crippen MR) is 73.0 cm³/mol. The number of ether oxygens (including phenoxy) is 2. The summed E-state index contributed by atoms with van der Waals surface area (Å²) >= 11 is 0. The molecule has 3 nitrogen and oxygen atoms in total. The molecule has 0 radical (unpaired) electrons. The van der Waals surface area contributed by atoms with Gasteiger partial charge in [0.1, 0.15) is 12.4 Å². The molecule has 0 aliphatic carbocycles. The van der Waals surface area contributed by atoms with Crippen molar-refractivity contribution >= 4 is 0 Å². The molecular weight excluding hydrogens is 226 g/mol. The van der Waals surface area contributed by atoms with Crippen molar-refractivity contribution in [3.8, 4) is 5.75 Å². The number of benzene rings is 1. The Bertz CT molecular complexity index is 381. The molecule has 1 aliphatic heterocycles. The minimum absolute atomic E-state index is 0.255. The summed E-state index contributed by atoms with van der Waals surface area (Å²) in [7, 11) is 1.96. The van der Waals surface area contributed by atoms with Crippen LogP contribution in [0.25, 0.3) is 0 Å². The summed E-state index contributed by atoms with van der Waals surface area (Å²) in [5.74, 6) is 0.928. The molecule has 1 aromatic carbocycles. The fraction of sp³-hybridized carbons (Fsp3) is 0.600. The van der Waals surface area contributed by atoms with Gasteiger partial charge in [-0.25, -0.2) is 0 Å². The Morgan fingerprint density at radius 1 is 1.44 bits per heavy atom. The van der Waals surface area contributed by atoms with Gasteiger partial charge >= 0.3 is 0 Å². The molecule has 0 aromatic heterocycles. The average molecular weight is 249 g/mol. The zero-order valence-corrected chi connectivity index (χ0v) is 11.5. The van der Waals surface area contributed by atoms with Crippen LogP contribution in [0.15, 0.2) is 24.3 Å². The van der Waals surface area contributed by atoms with E-state index >= 15 is 0 Å². The van der Waals surface area contributed by atoms with Crippen LogP contribution in [0.1, 0.15) is 38.3 Å². The van der Waals surface area contributed by atoms with Crippen molar-refractivity contribution in [1.29, 1.82) is 0 Å². The maximum Gasteiger partial charge on any atom is 0.119 e. The number of hydrogen-bond donors (Lipinski definition) is 1. The van der Waals surface area contributed by atoms with Gasteiger partial charge in [-0.1, -0.05) is 12.1 Å². The molecule has 0 bridgehead atoms. The second-order valence-electron chi connectivity index (χ2n) is 5.04. The van der Waals surface area contributed by atoms with E-state index in [1.165, 1.54) is 5.56 Å². The highest BCUT2D eigenvalue weighted by atomic mass is 16.5. The second-order valence-corrected chi connectivity index (χ2v) is 5.04. The van der Waals surface area contributed by atoms with Crippen molar-refractivity contribution in [2.45, 2.75) is 44.9 Å². The Kier molecular flexibility index (Phi) is 4.61. The van der Waals surface area contributed by atoms with Crippen LogP contribution in [-0.2, 0) is 4.74 Å². The summed E-state index contributed by atoms with van der Waals surface area (Å²) in [6.07, 6.45) is 2.89. The normalized spacial score (nSPS) is 25.1. The molecule has 1 aromatic rings. The predicted octanol–water partition coefficient (Wildman–Crippen LogP) is 2.91. The number of nitrogens with one attached hydrogen (secondary N) is 1. The van der Waals surface area contributed by atoms with Crippen molar-refractivity contribution in [3.05, 3.63) is 29.8 Å². The Balaban J connectivity index is 1.89. The molecule has 0 spiro atoms. The van der Waals surface area contributed by atoms with E-state index in [9.17, 15) is 0 Å². The number of hydrogen-bond acceptors (Lipinski definition) is 3. The smallest absolute Gasteiger partial charge is 0.119 e. The average Bonchev–Trinajstić information content (AvgIpc) is 2.81. The molecule has 0 saturated carbocycles. The molecule has 1 N–H and O–H groups in total. The van der Waals surface area contributed by atoms with Gasteiger partial charge in [0.25, 0.3) is 0 Å². The van der Waals surface area contributed by atoms with Crippen LogP contribution in [0.3, 0.4) is 0 Å². The van der Waals surface area contributed by atoms with Crippen LogP contribution >= 0.6 is 0 Å². The third-order valence-electron chi connectivity index (χ3n) is 3.55. The van der Waals surface area contributed by atoms with E-state index in [4.69, 9.17) is 9.47 Å². The zero-order chi connectivity index (χ0) is 13.0. The van der Waals surface area contributed by atoms with E-state index < -0.39 is 0 Å². The summed E-state index contributed by atoms with van der Waals surface area (Å²) in [6.45, 7) is 4.91. The van der Waals surface area contributed by atoms with Crippen molar-refractivity contribution in [2.24, 2.45) is 0 Å². The Labute approximate surface area is 109 Å². The second kappa shape index (κ2) is 6.21. The van der Waals surface area contributed by atoms with Gasteiger partial charge in [-0.05, 0) is 51.4 Å². The highest BCUT2D eigenvalue weighted by Crippen LogP contribution is 2.22. The highest BCUT2D eigenvalue weighted by Gasteiger charge is 2.22. The lowest BCUT2D eigenvalue weighted by Crippen LogP contribution is -2.18. The van der Waals surface area contributed by atoms with Gasteiger partial charge < -0.3 is 14.8 Å². The minimum atomic E-state index is 0.255. The van der Waals surface area contributed by atoms with E-state index in [2.05, 4.69) is 31.3 Å². The lowest BCUT2D eigenvalue weighted by molar-refractivity contribution is 0.0264. The van der Waals surface area contributed by atoms with Crippen molar-refractivity contribution in [1.82, 2.24) is 5.32 Å². The van der Waals surface area contributed by atoms with Crippen LogP contribution < -0.4 is 10.1 Å². The molecular formula is C15H23NO2. The molecule has 3 unspecified atom stereocenters. The van der Waals surface area contributed by atoms with E-state index in [-0.39, 0.29) is 6.10 Å². The first-order chi connectivity index (χ1) is 8.69. The lowest BCUT2D eigenvalue weighted by atomic mass is 10.1. The molecule has 100 valence electrons. The standard InChI is InChI=1S/C15H23NO2/c1-11-7-8-15(18-11)10-17-14-6-4-5-13(9-14)12(2)16-3/h4-6,9,11-12,15-16H,7-8,10H2,1-3H3. The van der Waals surface area contributed by atoms with Crippen molar-refractivity contribution in [2.75, 3.05) is 13.7 Å². The van der Waals surface area contributed by atoms with Gasteiger partial charge in [0.05, 0.1) is 12.2 Å². The van der Waals surface area contributed by atoms with Crippen LogP contribution in [0.2, 0.25) is 0 Å². The van der Waals surface area contributed by atoms with Gasteiger partial charge in [0, 0.05) is 6.04 Å². The van der Waals surface area contributed by atoms with Gasteiger partial charge in [0.2, 0.25) is 0 Å². The van der Waals surface area contributed by atoms with E-state index in [0.29, 0.717) is 18.8 Å². The lowest BCUT2D eigenvalue weighted by Gasteiger charge is -2.15. The summed E-state index contributed by atoms with van der Waals surface area (Å²) in [5, 5.41) is 3.23. The molecule has 1 saturated heterocycles. The molecule has 3 heteroatoms. The first-order valence-corrected chi connectivity index (χ1v) is 6.74. The molecule has 0 amide bonds. The third kappa shape index (κ3) is 3.47.